The van der Waals surface area contributed by atoms with Gasteiger partial charge in [0, 0.05) is 5.57 Å². The van der Waals surface area contributed by atoms with E-state index in [-0.39, 0.29) is 11.3 Å². The van der Waals surface area contributed by atoms with E-state index in [9.17, 15) is 9.90 Å². The van der Waals surface area contributed by atoms with E-state index < -0.39 is 12.3 Å². The van der Waals surface area contributed by atoms with Gasteiger partial charge < -0.3 is 14.3 Å². The normalized spacial score (nSPS) is 12.2. The molecule has 1 aromatic rings. The van der Waals surface area contributed by atoms with Gasteiger partial charge in [0.1, 0.15) is 0 Å². The number of carbonyl (C=O) groups is 1. The average molecular weight is 182 g/mol. The van der Waals surface area contributed by atoms with Gasteiger partial charge in [0.05, 0.1) is 6.26 Å². The molecule has 0 aromatic carbocycles. The highest BCUT2D eigenvalue weighted by Gasteiger charge is 2.15. The number of aliphatic hydroxyl groups excluding tert-OH is 1. The number of aliphatic hydroxyl groups is 1. The maximum absolute atomic E-state index is 10.9. The largest absolute Gasteiger partial charge is 0.463 e. The molecule has 0 amide bonds. The van der Waals surface area contributed by atoms with Gasteiger partial charge in [0.15, 0.2) is 5.76 Å². The van der Waals surface area contributed by atoms with Crippen LogP contribution in [0.4, 0.5) is 0 Å². The molecule has 1 atom stereocenters. The first-order valence-corrected chi connectivity index (χ1v) is 3.69. The molecule has 0 bridgehead atoms. The van der Waals surface area contributed by atoms with E-state index in [1.54, 1.807) is 6.07 Å². The Balaban J connectivity index is 2.56. The van der Waals surface area contributed by atoms with Crippen LogP contribution in [0.2, 0.25) is 0 Å². The number of carbonyl (C=O) groups excluding carboxylic acids is 1. The number of rotatable bonds is 3. The third-order valence-electron chi connectivity index (χ3n) is 1.35. The fraction of sp³-hybridized carbons (Fsp3) is 0.222. The molecule has 0 saturated heterocycles. The third-order valence-corrected chi connectivity index (χ3v) is 1.35. The van der Waals surface area contributed by atoms with E-state index in [0.29, 0.717) is 0 Å². The second-order valence-electron chi connectivity index (χ2n) is 2.55. The second kappa shape index (κ2) is 3.91. The number of ether oxygens (including phenoxy) is 1. The van der Waals surface area contributed by atoms with E-state index in [1.165, 1.54) is 19.3 Å². The minimum absolute atomic E-state index is 0.189. The molecule has 1 unspecified atom stereocenters. The van der Waals surface area contributed by atoms with E-state index in [2.05, 4.69) is 11.3 Å². The van der Waals surface area contributed by atoms with Crippen molar-refractivity contribution in [2.45, 2.75) is 13.2 Å². The molecule has 0 aliphatic rings. The molecule has 1 N–H and O–H groups in total. The highest BCUT2D eigenvalue weighted by Crippen LogP contribution is 2.15. The zero-order valence-corrected chi connectivity index (χ0v) is 7.19. The van der Waals surface area contributed by atoms with Gasteiger partial charge in [-0.15, -0.1) is 0 Å². The summed E-state index contributed by atoms with van der Waals surface area (Å²) in [5, 5.41) is 9.25. The summed E-state index contributed by atoms with van der Waals surface area (Å²) >= 11 is 0. The van der Waals surface area contributed by atoms with Crippen molar-refractivity contribution >= 4 is 5.97 Å². The third kappa shape index (κ3) is 2.45. The van der Waals surface area contributed by atoms with Crippen molar-refractivity contribution in [3.63, 3.8) is 0 Å². The minimum atomic E-state index is -1.36. The Kier molecular flexibility index (Phi) is 2.87. The lowest BCUT2D eigenvalue weighted by Gasteiger charge is -2.08. The SMILES string of the molecule is C=C(C)C(=O)OC(O)c1ccco1. The summed E-state index contributed by atoms with van der Waals surface area (Å²) in [6, 6.07) is 3.10. The molecular formula is C9H10O4. The molecule has 0 saturated carbocycles. The molecule has 0 aliphatic carbocycles. The molecule has 1 heterocycles. The summed E-state index contributed by atoms with van der Waals surface area (Å²) in [6.45, 7) is 4.87. The Bertz CT molecular complexity index is 299. The molecular weight excluding hydrogens is 172 g/mol. The quantitative estimate of drug-likeness (QED) is 0.436. The Morgan fingerprint density at radius 1 is 1.77 bits per heavy atom. The summed E-state index contributed by atoms with van der Waals surface area (Å²) in [6.07, 6.45) is 0.0202. The lowest BCUT2D eigenvalue weighted by molar-refractivity contribution is -0.167. The van der Waals surface area contributed by atoms with E-state index >= 15 is 0 Å². The Morgan fingerprint density at radius 2 is 2.46 bits per heavy atom. The standard InChI is InChI=1S/C9H10O4/c1-6(2)8(10)13-9(11)7-4-3-5-12-7/h3-5,9,11H,1H2,2H3. The molecule has 13 heavy (non-hydrogen) atoms. The van der Waals surface area contributed by atoms with Gasteiger partial charge in [-0.3, -0.25) is 0 Å². The summed E-state index contributed by atoms with van der Waals surface area (Å²) in [5.74, 6) is -0.460. The predicted octanol–water partition coefficient (Wildman–Crippen LogP) is 1.39. The maximum atomic E-state index is 10.9. The van der Waals surface area contributed by atoms with Gasteiger partial charge in [-0.25, -0.2) is 4.79 Å². The summed E-state index contributed by atoms with van der Waals surface area (Å²) in [4.78, 5) is 10.9. The molecule has 70 valence electrons. The molecule has 4 nitrogen and oxygen atoms in total. The molecule has 4 heteroatoms. The van der Waals surface area contributed by atoms with Gasteiger partial charge in [0.2, 0.25) is 0 Å². The highest BCUT2D eigenvalue weighted by atomic mass is 16.6. The zero-order valence-electron chi connectivity index (χ0n) is 7.19. The topological polar surface area (TPSA) is 59.7 Å². The van der Waals surface area contributed by atoms with Crippen molar-refractivity contribution in [3.05, 3.63) is 36.3 Å². The van der Waals surface area contributed by atoms with Crippen LogP contribution in [-0.2, 0) is 9.53 Å². The smallest absolute Gasteiger partial charge is 0.335 e. The van der Waals surface area contributed by atoms with Crippen molar-refractivity contribution in [2.24, 2.45) is 0 Å². The van der Waals surface area contributed by atoms with Gasteiger partial charge >= 0.3 is 5.97 Å². The van der Waals surface area contributed by atoms with Crippen LogP contribution in [0.5, 0.6) is 0 Å². The van der Waals surface area contributed by atoms with Crippen LogP contribution >= 0.6 is 0 Å². The highest BCUT2D eigenvalue weighted by molar-refractivity contribution is 5.87. The lowest BCUT2D eigenvalue weighted by Crippen LogP contribution is -2.10. The van der Waals surface area contributed by atoms with Crippen molar-refractivity contribution in [1.82, 2.24) is 0 Å². The Labute approximate surface area is 75.4 Å². The molecule has 0 spiro atoms. The van der Waals surface area contributed by atoms with E-state index in [4.69, 9.17) is 4.42 Å². The van der Waals surface area contributed by atoms with Gasteiger partial charge in [-0.1, -0.05) is 6.58 Å². The fourth-order valence-corrected chi connectivity index (χ4v) is 0.692. The van der Waals surface area contributed by atoms with Crippen LogP contribution in [0.3, 0.4) is 0 Å². The first-order valence-electron chi connectivity index (χ1n) is 3.69. The van der Waals surface area contributed by atoms with E-state index in [0.717, 1.165) is 0 Å². The van der Waals surface area contributed by atoms with Crippen molar-refractivity contribution in [1.29, 1.82) is 0 Å². The van der Waals surface area contributed by atoms with E-state index in [1.807, 2.05) is 0 Å². The van der Waals surface area contributed by atoms with Gasteiger partial charge in [-0.2, -0.15) is 0 Å². The van der Waals surface area contributed by atoms with Crippen LogP contribution in [0.1, 0.15) is 19.0 Å². The van der Waals surface area contributed by atoms with Crippen LogP contribution in [0.25, 0.3) is 0 Å². The van der Waals surface area contributed by atoms with Gasteiger partial charge in [0.25, 0.3) is 6.29 Å². The number of furan rings is 1. The van der Waals surface area contributed by atoms with Crippen LogP contribution in [0, 0.1) is 0 Å². The predicted molar refractivity (Wildman–Crippen MR) is 44.6 cm³/mol. The minimum Gasteiger partial charge on any atom is -0.463 e. The first-order chi connectivity index (χ1) is 6.11. The molecule has 1 aromatic heterocycles. The van der Waals surface area contributed by atoms with Gasteiger partial charge in [-0.05, 0) is 19.1 Å². The molecule has 0 fully saturated rings. The van der Waals surface area contributed by atoms with Crippen molar-refractivity contribution in [3.8, 4) is 0 Å². The van der Waals surface area contributed by atoms with Crippen molar-refractivity contribution < 1.29 is 19.1 Å². The zero-order chi connectivity index (χ0) is 9.84. The molecule has 0 aliphatic heterocycles. The maximum Gasteiger partial charge on any atom is 0.335 e. The van der Waals surface area contributed by atoms with Crippen LogP contribution < -0.4 is 0 Å². The summed E-state index contributed by atoms with van der Waals surface area (Å²) < 4.78 is 9.40. The number of hydrogen-bond acceptors (Lipinski definition) is 4. The summed E-state index contributed by atoms with van der Waals surface area (Å²) in [7, 11) is 0. The van der Waals surface area contributed by atoms with Crippen molar-refractivity contribution in [2.75, 3.05) is 0 Å². The Hall–Kier alpha value is -1.55. The molecule has 0 radical (unpaired) electrons. The second-order valence-corrected chi connectivity index (χ2v) is 2.55. The number of esters is 1. The Morgan fingerprint density at radius 3 is 2.92 bits per heavy atom. The lowest BCUT2D eigenvalue weighted by atomic mass is 10.3. The monoisotopic (exact) mass is 182 g/mol. The number of hydrogen-bond donors (Lipinski definition) is 1. The van der Waals surface area contributed by atoms with Crippen LogP contribution in [-0.4, -0.2) is 11.1 Å². The first kappa shape index (κ1) is 9.54. The van der Waals surface area contributed by atoms with Crippen LogP contribution in [0.15, 0.2) is 35.0 Å². The summed E-state index contributed by atoms with van der Waals surface area (Å²) in [5.41, 5.74) is 0.227. The average Bonchev–Trinajstić information content (AvgIpc) is 2.55. The molecule has 1 rings (SSSR count). The fourth-order valence-electron chi connectivity index (χ4n) is 0.692.